The summed E-state index contributed by atoms with van der Waals surface area (Å²) in [5.74, 6) is -0.123. The SMILES string of the molecule is CCN(CC)C(=O)CCNS(=O)(=O)c1c[nH]c(=O)c(Cl)c1. The van der Waals surface area contributed by atoms with Crippen LogP contribution in [0.1, 0.15) is 20.3 Å². The second-order valence-electron chi connectivity index (χ2n) is 4.23. The number of hydrogen-bond donors (Lipinski definition) is 2. The summed E-state index contributed by atoms with van der Waals surface area (Å²) in [5.41, 5.74) is -0.563. The fourth-order valence-electron chi connectivity index (χ4n) is 1.70. The Morgan fingerprint density at radius 2 is 2.00 bits per heavy atom. The van der Waals surface area contributed by atoms with Crippen LogP contribution in [0, 0.1) is 0 Å². The summed E-state index contributed by atoms with van der Waals surface area (Å²) in [6.45, 7) is 4.85. The standard InChI is InChI=1S/C12H18ClN3O4S/c1-3-16(4-2)11(17)5-6-15-21(19,20)9-7-10(13)12(18)14-8-9/h7-8,15H,3-6H2,1-2H3,(H,14,18). The highest BCUT2D eigenvalue weighted by molar-refractivity contribution is 7.89. The van der Waals surface area contributed by atoms with Crippen molar-refractivity contribution in [2.45, 2.75) is 25.2 Å². The lowest BCUT2D eigenvalue weighted by Crippen LogP contribution is -2.34. The van der Waals surface area contributed by atoms with Gasteiger partial charge in [-0.3, -0.25) is 9.59 Å². The zero-order valence-corrected chi connectivity index (χ0v) is 13.4. The molecule has 1 aromatic rings. The first-order valence-corrected chi connectivity index (χ1v) is 8.33. The average Bonchev–Trinajstić information content (AvgIpc) is 2.43. The Kier molecular flexibility index (Phi) is 6.38. The highest BCUT2D eigenvalue weighted by atomic mass is 35.5. The number of carbonyl (C=O) groups is 1. The van der Waals surface area contributed by atoms with E-state index in [0.29, 0.717) is 13.1 Å². The van der Waals surface area contributed by atoms with Gasteiger partial charge in [-0.2, -0.15) is 0 Å². The molecule has 21 heavy (non-hydrogen) atoms. The monoisotopic (exact) mass is 335 g/mol. The molecule has 0 fully saturated rings. The quantitative estimate of drug-likeness (QED) is 0.760. The molecular weight excluding hydrogens is 318 g/mol. The summed E-state index contributed by atoms with van der Waals surface area (Å²) in [6, 6.07) is 1.06. The molecule has 118 valence electrons. The van der Waals surface area contributed by atoms with E-state index < -0.39 is 15.6 Å². The summed E-state index contributed by atoms with van der Waals surface area (Å²) in [7, 11) is -3.81. The van der Waals surface area contributed by atoms with Crippen LogP contribution in [-0.4, -0.2) is 43.8 Å². The minimum absolute atomic E-state index is 0.0194. The topological polar surface area (TPSA) is 99.3 Å². The Labute approximate surface area is 128 Å². The molecule has 0 unspecified atom stereocenters. The van der Waals surface area contributed by atoms with Gasteiger partial charge in [-0.15, -0.1) is 0 Å². The number of pyridine rings is 1. The van der Waals surface area contributed by atoms with Crippen molar-refractivity contribution < 1.29 is 13.2 Å². The van der Waals surface area contributed by atoms with Crippen LogP contribution in [-0.2, 0) is 14.8 Å². The Hall–Kier alpha value is -1.38. The largest absolute Gasteiger partial charge is 0.343 e. The first-order chi connectivity index (χ1) is 9.81. The third-order valence-electron chi connectivity index (χ3n) is 2.89. The molecule has 7 nitrogen and oxygen atoms in total. The van der Waals surface area contributed by atoms with Crippen LogP contribution < -0.4 is 10.3 Å². The molecule has 0 spiro atoms. The first-order valence-electron chi connectivity index (χ1n) is 6.47. The summed E-state index contributed by atoms with van der Waals surface area (Å²) in [6.07, 6.45) is 1.13. The van der Waals surface area contributed by atoms with Gasteiger partial charge in [-0.1, -0.05) is 11.6 Å². The molecule has 0 aliphatic carbocycles. The number of halogens is 1. The molecule has 1 aromatic heterocycles. The van der Waals surface area contributed by atoms with Crippen LogP contribution in [0.4, 0.5) is 0 Å². The summed E-state index contributed by atoms with van der Waals surface area (Å²) in [4.78, 5) is 26.5. The van der Waals surface area contributed by atoms with Crippen molar-refractivity contribution in [3.05, 3.63) is 27.6 Å². The summed E-state index contributed by atoms with van der Waals surface area (Å²) in [5, 5.41) is -0.211. The van der Waals surface area contributed by atoms with Gasteiger partial charge >= 0.3 is 0 Å². The van der Waals surface area contributed by atoms with Crippen molar-refractivity contribution in [3.63, 3.8) is 0 Å². The molecule has 0 saturated carbocycles. The van der Waals surface area contributed by atoms with Gasteiger partial charge in [0.25, 0.3) is 5.56 Å². The van der Waals surface area contributed by atoms with Crippen molar-refractivity contribution >= 4 is 27.5 Å². The molecule has 9 heteroatoms. The predicted molar refractivity (Wildman–Crippen MR) is 79.8 cm³/mol. The molecule has 0 aromatic carbocycles. The maximum absolute atomic E-state index is 12.0. The van der Waals surface area contributed by atoms with Crippen molar-refractivity contribution in [2.24, 2.45) is 0 Å². The second-order valence-corrected chi connectivity index (χ2v) is 6.40. The van der Waals surface area contributed by atoms with Crippen molar-refractivity contribution in [1.82, 2.24) is 14.6 Å². The van der Waals surface area contributed by atoms with Crippen molar-refractivity contribution in [3.8, 4) is 0 Å². The van der Waals surface area contributed by atoms with Crippen LogP contribution in [0.2, 0.25) is 5.02 Å². The van der Waals surface area contributed by atoms with Gasteiger partial charge in [0, 0.05) is 32.3 Å². The fourth-order valence-corrected chi connectivity index (χ4v) is 2.96. The van der Waals surface area contributed by atoms with Crippen LogP contribution in [0.25, 0.3) is 0 Å². The number of rotatable bonds is 7. The maximum atomic E-state index is 12.0. The Morgan fingerprint density at radius 1 is 1.38 bits per heavy atom. The van der Waals surface area contributed by atoms with E-state index in [4.69, 9.17) is 11.6 Å². The molecule has 0 aliphatic rings. The van der Waals surface area contributed by atoms with Crippen LogP contribution >= 0.6 is 11.6 Å². The molecule has 0 saturated heterocycles. The second kappa shape index (κ2) is 7.58. The lowest BCUT2D eigenvalue weighted by molar-refractivity contribution is -0.130. The number of sulfonamides is 1. The van der Waals surface area contributed by atoms with Gasteiger partial charge in [-0.05, 0) is 19.9 Å². The van der Waals surface area contributed by atoms with Gasteiger partial charge in [0.2, 0.25) is 15.9 Å². The number of nitrogens with one attached hydrogen (secondary N) is 2. The molecule has 0 bridgehead atoms. The van der Waals surface area contributed by atoms with E-state index >= 15 is 0 Å². The Bertz CT molecular complexity index is 653. The van der Waals surface area contributed by atoms with E-state index in [2.05, 4.69) is 9.71 Å². The fraction of sp³-hybridized carbons (Fsp3) is 0.500. The van der Waals surface area contributed by atoms with Gasteiger partial charge in [0.15, 0.2) is 0 Å². The van der Waals surface area contributed by atoms with Crippen LogP contribution in [0.5, 0.6) is 0 Å². The summed E-state index contributed by atoms with van der Waals surface area (Å²) >= 11 is 5.59. The molecule has 0 aliphatic heterocycles. The Balaban J connectivity index is 2.67. The van der Waals surface area contributed by atoms with Gasteiger partial charge in [0.1, 0.15) is 5.02 Å². The number of amides is 1. The third kappa shape index (κ3) is 4.83. The van der Waals surface area contributed by atoms with Gasteiger partial charge < -0.3 is 9.88 Å². The number of H-pyrrole nitrogens is 1. The predicted octanol–water partition coefficient (Wildman–Crippen LogP) is 0.565. The van der Waals surface area contributed by atoms with E-state index in [1.807, 2.05) is 13.8 Å². The highest BCUT2D eigenvalue weighted by Crippen LogP contribution is 2.10. The smallest absolute Gasteiger partial charge is 0.266 e. The van der Waals surface area contributed by atoms with E-state index in [0.717, 1.165) is 12.3 Å². The Morgan fingerprint density at radius 3 is 2.52 bits per heavy atom. The third-order valence-corrected chi connectivity index (χ3v) is 4.61. The molecule has 1 amide bonds. The number of aromatic nitrogens is 1. The highest BCUT2D eigenvalue weighted by Gasteiger charge is 2.17. The number of aromatic amines is 1. The van der Waals surface area contributed by atoms with Crippen LogP contribution in [0.3, 0.4) is 0 Å². The van der Waals surface area contributed by atoms with E-state index in [9.17, 15) is 18.0 Å². The van der Waals surface area contributed by atoms with E-state index in [-0.39, 0.29) is 28.8 Å². The molecule has 2 N–H and O–H groups in total. The van der Waals surface area contributed by atoms with E-state index in [1.165, 1.54) is 0 Å². The number of nitrogens with zero attached hydrogens (tertiary/aromatic N) is 1. The molecule has 0 atom stereocenters. The minimum atomic E-state index is -3.81. The lowest BCUT2D eigenvalue weighted by Gasteiger charge is -2.18. The number of carbonyl (C=O) groups excluding carboxylic acids is 1. The van der Waals surface area contributed by atoms with Gasteiger partial charge in [-0.25, -0.2) is 13.1 Å². The van der Waals surface area contributed by atoms with Crippen molar-refractivity contribution in [2.75, 3.05) is 19.6 Å². The zero-order valence-electron chi connectivity index (χ0n) is 11.8. The maximum Gasteiger partial charge on any atom is 0.266 e. The number of hydrogen-bond acceptors (Lipinski definition) is 4. The average molecular weight is 336 g/mol. The molecule has 0 radical (unpaired) electrons. The zero-order chi connectivity index (χ0) is 16.0. The van der Waals surface area contributed by atoms with Crippen molar-refractivity contribution in [1.29, 1.82) is 0 Å². The molecular formula is C12H18ClN3O4S. The van der Waals surface area contributed by atoms with Gasteiger partial charge in [0.05, 0.1) is 4.90 Å². The molecule has 1 heterocycles. The first kappa shape index (κ1) is 17.7. The van der Waals surface area contributed by atoms with E-state index in [1.54, 1.807) is 4.90 Å². The molecule has 1 rings (SSSR count). The summed E-state index contributed by atoms with van der Waals surface area (Å²) < 4.78 is 26.2. The van der Waals surface area contributed by atoms with Crippen LogP contribution in [0.15, 0.2) is 22.0 Å². The minimum Gasteiger partial charge on any atom is -0.343 e. The normalized spacial score (nSPS) is 11.4. The lowest BCUT2D eigenvalue weighted by atomic mass is 10.3.